The number of hydrogen-bond donors (Lipinski definition) is 1. The quantitative estimate of drug-likeness (QED) is 0.529. The smallest absolute Gasteiger partial charge is 0.0940 e. The molecule has 76 valence electrons. The van der Waals surface area contributed by atoms with Crippen LogP contribution < -0.4 is 5.73 Å². The van der Waals surface area contributed by atoms with Gasteiger partial charge >= 0.3 is 0 Å². The summed E-state index contributed by atoms with van der Waals surface area (Å²) in [5.74, 6) is 1.71. The standard InChI is InChI=1S/C11H22N2/c1-3-5-11(12)13-10-7-4-6-9(2)8-10/h9-10H,3-8H2,1-2H3,(H2,12,13). The van der Waals surface area contributed by atoms with Crippen molar-refractivity contribution in [2.45, 2.75) is 58.4 Å². The summed E-state index contributed by atoms with van der Waals surface area (Å²) in [6.45, 7) is 4.46. The van der Waals surface area contributed by atoms with Crippen LogP contribution >= 0.6 is 0 Å². The SMILES string of the molecule is CCCC(N)=NC1CCCC(C)C1. The molecule has 2 heteroatoms. The molecule has 0 radical (unpaired) electrons. The van der Waals surface area contributed by atoms with E-state index in [0.717, 1.165) is 24.6 Å². The van der Waals surface area contributed by atoms with Crippen molar-refractivity contribution >= 4 is 5.84 Å². The van der Waals surface area contributed by atoms with Gasteiger partial charge in [-0.1, -0.05) is 26.7 Å². The topological polar surface area (TPSA) is 38.4 Å². The monoisotopic (exact) mass is 182 g/mol. The van der Waals surface area contributed by atoms with E-state index in [9.17, 15) is 0 Å². The maximum atomic E-state index is 5.81. The molecule has 2 atom stereocenters. The van der Waals surface area contributed by atoms with Gasteiger partial charge in [0.2, 0.25) is 0 Å². The number of aliphatic imine (C=N–C) groups is 1. The summed E-state index contributed by atoms with van der Waals surface area (Å²) in [6.07, 6.45) is 7.26. The molecule has 0 aliphatic heterocycles. The molecule has 0 aromatic heterocycles. The van der Waals surface area contributed by atoms with E-state index in [1.54, 1.807) is 0 Å². The minimum absolute atomic E-state index is 0.523. The molecule has 1 rings (SSSR count). The summed E-state index contributed by atoms with van der Waals surface area (Å²) in [6, 6.07) is 0.523. The Morgan fingerprint density at radius 3 is 2.85 bits per heavy atom. The molecule has 0 aromatic rings. The highest BCUT2D eigenvalue weighted by Gasteiger charge is 2.17. The molecule has 13 heavy (non-hydrogen) atoms. The number of rotatable bonds is 3. The molecule has 0 heterocycles. The zero-order valence-corrected chi connectivity index (χ0v) is 8.92. The van der Waals surface area contributed by atoms with E-state index < -0.39 is 0 Å². The first-order valence-corrected chi connectivity index (χ1v) is 5.54. The lowest BCUT2D eigenvalue weighted by atomic mass is 9.87. The zero-order chi connectivity index (χ0) is 9.68. The first kappa shape index (κ1) is 10.6. The van der Waals surface area contributed by atoms with Crippen LogP contribution in [0.2, 0.25) is 0 Å². The third-order valence-corrected chi connectivity index (χ3v) is 2.76. The van der Waals surface area contributed by atoms with Crippen LogP contribution in [0.3, 0.4) is 0 Å². The van der Waals surface area contributed by atoms with Crippen LogP contribution in [0.4, 0.5) is 0 Å². The maximum Gasteiger partial charge on any atom is 0.0940 e. The molecule has 1 saturated carbocycles. The lowest BCUT2D eigenvalue weighted by Crippen LogP contribution is -2.21. The lowest BCUT2D eigenvalue weighted by Gasteiger charge is -2.24. The van der Waals surface area contributed by atoms with Gasteiger partial charge in [-0.2, -0.15) is 0 Å². The molecule has 0 amide bonds. The van der Waals surface area contributed by atoms with E-state index in [1.165, 1.54) is 25.7 Å². The maximum absolute atomic E-state index is 5.81. The van der Waals surface area contributed by atoms with E-state index in [-0.39, 0.29) is 0 Å². The molecule has 2 unspecified atom stereocenters. The molecule has 0 bridgehead atoms. The number of nitrogens with zero attached hydrogens (tertiary/aromatic N) is 1. The van der Waals surface area contributed by atoms with Gasteiger partial charge in [-0.3, -0.25) is 4.99 Å². The minimum atomic E-state index is 0.523. The Labute approximate surface area is 81.6 Å². The summed E-state index contributed by atoms with van der Waals surface area (Å²) in [4.78, 5) is 4.57. The van der Waals surface area contributed by atoms with Gasteiger partial charge in [0.1, 0.15) is 0 Å². The van der Waals surface area contributed by atoms with E-state index >= 15 is 0 Å². The Hall–Kier alpha value is -0.530. The van der Waals surface area contributed by atoms with E-state index in [1.807, 2.05) is 0 Å². The molecule has 0 spiro atoms. The van der Waals surface area contributed by atoms with Crippen LogP contribution in [0.5, 0.6) is 0 Å². The van der Waals surface area contributed by atoms with Crippen molar-refractivity contribution in [3.8, 4) is 0 Å². The number of nitrogens with two attached hydrogens (primary N) is 1. The average molecular weight is 182 g/mol. The highest BCUT2D eigenvalue weighted by atomic mass is 14.9. The zero-order valence-electron chi connectivity index (χ0n) is 8.92. The molecular formula is C11H22N2. The van der Waals surface area contributed by atoms with Gasteiger partial charge in [-0.05, 0) is 25.2 Å². The van der Waals surface area contributed by atoms with Gasteiger partial charge in [0.15, 0.2) is 0 Å². The Kier molecular flexibility index (Phi) is 4.26. The van der Waals surface area contributed by atoms with Gasteiger partial charge in [0.25, 0.3) is 0 Å². The number of hydrogen-bond acceptors (Lipinski definition) is 1. The van der Waals surface area contributed by atoms with Gasteiger partial charge in [-0.15, -0.1) is 0 Å². The van der Waals surface area contributed by atoms with Crippen molar-refractivity contribution < 1.29 is 0 Å². The summed E-state index contributed by atoms with van der Waals surface area (Å²) in [5.41, 5.74) is 5.81. The molecule has 1 aliphatic rings. The third kappa shape index (κ3) is 3.79. The Morgan fingerprint density at radius 2 is 2.23 bits per heavy atom. The molecule has 0 aromatic carbocycles. The summed E-state index contributed by atoms with van der Waals surface area (Å²) in [5, 5.41) is 0. The van der Waals surface area contributed by atoms with Gasteiger partial charge in [0, 0.05) is 6.42 Å². The van der Waals surface area contributed by atoms with Crippen molar-refractivity contribution in [2.75, 3.05) is 0 Å². The summed E-state index contributed by atoms with van der Waals surface area (Å²) in [7, 11) is 0. The Bertz CT molecular complexity index is 175. The first-order chi connectivity index (χ1) is 6.22. The predicted octanol–water partition coefficient (Wildman–Crippen LogP) is 2.72. The third-order valence-electron chi connectivity index (χ3n) is 2.76. The van der Waals surface area contributed by atoms with E-state index in [0.29, 0.717) is 6.04 Å². The Balaban J connectivity index is 2.38. The fraction of sp³-hybridized carbons (Fsp3) is 0.909. The molecule has 1 fully saturated rings. The fourth-order valence-corrected chi connectivity index (χ4v) is 2.07. The van der Waals surface area contributed by atoms with Crippen LogP contribution in [0.1, 0.15) is 52.4 Å². The van der Waals surface area contributed by atoms with E-state index in [2.05, 4.69) is 18.8 Å². The Morgan fingerprint density at radius 1 is 1.46 bits per heavy atom. The first-order valence-electron chi connectivity index (χ1n) is 5.54. The largest absolute Gasteiger partial charge is 0.387 e. The van der Waals surface area contributed by atoms with Gasteiger partial charge in [-0.25, -0.2) is 0 Å². The molecule has 2 nitrogen and oxygen atoms in total. The fourth-order valence-electron chi connectivity index (χ4n) is 2.07. The summed E-state index contributed by atoms with van der Waals surface area (Å²) >= 11 is 0. The molecule has 0 saturated heterocycles. The van der Waals surface area contributed by atoms with Gasteiger partial charge < -0.3 is 5.73 Å². The normalized spacial score (nSPS) is 30.5. The van der Waals surface area contributed by atoms with Crippen LogP contribution in [0.25, 0.3) is 0 Å². The second kappa shape index (κ2) is 5.25. The van der Waals surface area contributed by atoms with Crippen LogP contribution in [0.15, 0.2) is 4.99 Å². The highest BCUT2D eigenvalue weighted by molar-refractivity contribution is 5.80. The van der Waals surface area contributed by atoms with Crippen molar-refractivity contribution in [3.63, 3.8) is 0 Å². The van der Waals surface area contributed by atoms with E-state index in [4.69, 9.17) is 5.73 Å². The minimum Gasteiger partial charge on any atom is -0.387 e. The second-order valence-electron chi connectivity index (χ2n) is 4.30. The van der Waals surface area contributed by atoms with Crippen molar-refractivity contribution in [1.82, 2.24) is 0 Å². The van der Waals surface area contributed by atoms with Crippen LogP contribution in [0, 0.1) is 5.92 Å². The molecule has 2 N–H and O–H groups in total. The van der Waals surface area contributed by atoms with Crippen molar-refractivity contribution in [1.29, 1.82) is 0 Å². The predicted molar refractivity (Wildman–Crippen MR) is 58.0 cm³/mol. The second-order valence-corrected chi connectivity index (χ2v) is 4.30. The molecular weight excluding hydrogens is 160 g/mol. The average Bonchev–Trinajstić information content (AvgIpc) is 2.04. The van der Waals surface area contributed by atoms with Gasteiger partial charge in [0.05, 0.1) is 11.9 Å². The number of amidine groups is 1. The summed E-state index contributed by atoms with van der Waals surface area (Å²) < 4.78 is 0. The molecule has 1 aliphatic carbocycles. The van der Waals surface area contributed by atoms with Crippen molar-refractivity contribution in [2.24, 2.45) is 16.6 Å². The van der Waals surface area contributed by atoms with Crippen LogP contribution in [-0.4, -0.2) is 11.9 Å². The highest BCUT2D eigenvalue weighted by Crippen LogP contribution is 2.25. The lowest BCUT2D eigenvalue weighted by molar-refractivity contribution is 0.345. The van der Waals surface area contributed by atoms with Crippen LogP contribution in [-0.2, 0) is 0 Å². The van der Waals surface area contributed by atoms with Crippen molar-refractivity contribution in [3.05, 3.63) is 0 Å².